The molecule has 347 valence electrons. The van der Waals surface area contributed by atoms with Crippen molar-refractivity contribution >= 4 is 35.1 Å². The first-order chi connectivity index (χ1) is 29.3. The number of allylic oxidation sites excluding steroid dienone is 2. The van der Waals surface area contributed by atoms with Crippen molar-refractivity contribution in [3.8, 4) is 22.3 Å². The number of hydrogen-bond donors (Lipinski definition) is 0. The van der Waals surface area contributed by atoms with E-state index in [1.165, 1.54) is 89.0 Å². The van der Waals surface area contributed by atoms with Crippen LogP contribution in [0, 0.1) is 11.8 Å². The van der Waals surface area contributed by atoms with Gasteiger partial charge in [0.1, 0.15) is 0 Å². The summed E-state index contributed by atoms with van der Waals surface area (Å²) in [7, 11) is 18.4. The Balaban J connectivity index is 1.71. The Hall–Kier alpha value is -1.96. The van der Waals surface area contributed by atoms with E-state index in [4.69, 9.17) is 0 Å². The van der Waals surface area contributed by atoms with Crippen molar-refractivity contribution in [1.82, 2.24) is 0 Å². The second-order valence-electron chi connectivity index (χ2n) is 25.4. The van der Waals surface area contributed by atoms with Gasteiger partial charge in [-0.2, -0.15) is 0 Å². The van der Waals surface area contributed by atoms with Crippen molar-refractivity contribution in [3.63, 3.8) is 0 Å². The van der Waals surface area contributed by atoms with Gasteiger partial charge < -0.3 is 0 Å². The molecule has 64 heavy (non-hydrogen) atoms. The molecule has 4 aromatic rings. The van der Waals surface area contributed by atoms with Crippen LogP contribution in [-0.4, -0.2) is 5.92 Å². The summed E-state index contributed by atoms with van der Waals surface area (Å²) in [5.41, 5.74) is 22.4. The van der Waals surface area contributed by atoms with Crippen LogP contribution >= 0.6 is 17.0 Å². The molecule has 0 aliphatic heterocycles. The van der Waals surface area contributed by atoms with Crippen molar-refractivity contribution in [2.45, 2.75) is 192 Å². The van der Waals surface area contributed by atoms with Crippen molar-refractivity contribution in [3.05, 3.63) is 127 Å². The average molecular weight is 997 g/mol. The summed E-state index contributed by atoms with van der Waals surface area (Å²) >= 11 is -5.14. The second-order valence-corrected chi connectivity index (χ2v) is 67.9. The van der Waals surface area contributed by atoms with Crippen LogP contribution in [0.1, 0.15) is 200 Å². The molecule has 2 unspecified atom stereocenters. The third-order valence-electron chi connectivity index (χ3n) is 14.9. The Morgan fingerprint density at radius 2 is 0.797 bits per heavy atom. The molecule has 2 aliphatic carbocycles. The minimum absolute atomic E-state index is 0.0145. The van der Waals surface area contributed by atoms with Crippen LogP contribution in [0.2, 0.25) is 13.1 Å². The maximum atomic E-state index is 9.19. The van der Waals surface area contributed by atoms with Crippen LogP contribution < -0.4 is 0 Å². The number of fused-ring (bicyclic) bond motifs is 2. The summed E-state index contributed by atoms with van der Waals surface area (Å²) in [6, 6.07) is 24.8. The van der Waals surface area contributed by atoms with E-state index in [0.717, 1.165) is 25.7 Å². The van der Waals surface area contributed by atoms with Crippen LogP contribution in [0.25, 0.3) is 34.4 Å². The van der Waals surface area contributed by atoms with Gasteiger partial charge in [0.2, 0.25) is 0 Å². The van der Waals surface area contributed by atoms with E-state index in [1.54, 1.807) is 0 Å². The van der Waals surface area contributed by atoms with Crippen molar-refractivity contribution in [2.24, 2.45) is 11.8 Å². The molecule has 0 amide bonds. The van der Waals surface area contributed by atoms with Crippen LogP contribution in [0.15, 0.2) is 71.8 Å². The van der Waals surface area contributed by atoms with Gasteiger partial charge in [0.15, 0.2) is 0 Å². The molecule has 0 nitrogen and oxygen atoms in total. The zero-order chi connectivity index (χ0) is 47.9. The first-order valence-electron chi connectivity index (χ1n) is 24.9. The zero-order valence-corrected chi connectivity index (χ0v) is 49.0. The SMILES string of the molecule is CCc1ccc2c(c1-c1cc(C(C)(C)C)cc(C(C)(C)C)c1)C=C(CC(C)C)[CH]2[Zr]([Cl])([Cl])([CH]1C(CC(C)C)=Cc2c1ccc(CC)c2-c1cc(C(C)(C)C)cc(C(C)(C)C)c1)[SiH](C)C. The standard InChI is InChI=1S/2C29H39.C2H7Si.2ClH.Zr/c2*1-10-21-11-12-22-14-20(13-19(2)3)15-26(22)27(21)23-16-24(28(4,5)6)18-25(17-23)29(7,8)9;1-3-2;;;/h2*11-12,14-19H,10,13H2,1-9H3;3H,1-2H3;2*1H;/q;;;;;+2/p-2. The molecule has 0 saturated carbocycles. The molecule has 0 bridgehead atoms. The maximum absolute atomic E-state index is 9.19. The second kappa shape index (κ2) is 17.8. The van der Waals surface area contributed by atoms with E-state index in [9.17, 15) is 17.0 Å². The molecule has 0 heterocycles. The van der Waals surface area contributed by atoms with Gasteiger partial charge in [-0.3, -0.25) is 0 Å². The van der Waals surface area contributed by atoms with Crippen molar-refractivity contribution in [1.29, 1.82) is 0 Å². The van der Waals surface area contributed by atoms with E-state index in [0.29, 0.717) is 11.8 Å². The molecule has 0 radical (unpaired) electrons. The van der Waals surface area contributed by atoms with Gasteiger partial charge in [-0.05, 0) is 0 Å². The Bertz CT molecular complexity index is 2250. The number of halogens is 2. The fraction of sp³-hybridized carbons (Fsp3) is 0.533. The van der Waals surface area contributed by atoms with Gasteiger partial charge in [-0.1, -0.05) is 0 Å². The number of rotatable bonds is 11. The molecule has 0 N–H and O–H groups in total. The Morgan fingerprint density at radius 1 is 0.500 bits per heavy atom. The summed E-state index contributed by atoms with van der Waals surface area (Å²) in [4.78, 5) is 0. The molecule has 4 heteroatoms. The molecular weight excluding hydrogens is 911 g/mol. The first kappa shape index (κ1) is 51.4. The minimum atomic E-state index is -5.14. The van der Waals surface area contributed by atoms with Gasteiger partial charge in [0.25, 0.3) is 0 Å². The van der Waals surface area contributed by atoms with Gasteiger partial charge in [-0.25, -0.2) is 0 Å². The fourth-order valence-electron chi connectivity index (χ4n) is 11.1. The van der Waals surface area contributed by atoms with Gasteiger partial charge in [-0.15, -0.1) is 0 Å². The van der Waals surface area contributed by atoms with E-state index in [1.807, 2.05) is 0 Å². The molecule has 2 aliphatic rings. The predicted molar refractivity (Wildman–Crippen MR) is 288 cm³/mol. The molecule has 0 fully saturated rings. The number of benzene rings is 4. The summed E-state index contributed by atoms with van der Waals surface area (Å²) in [5.74, 6) is -0.841. The molecular formula is C60H85Cl2SiZr. The molecule has 2 atom stereocenters. The zero-order valence-electron chi connectivity index (χ0n) is 43.9. The monoisotopic (exact) mass is 993 g/mol. The van der Waals surface area contributed by atoms with Crippen LogP contribution in [0.5, 0.6) is 0 Å². The van der Waals surface area contributed by atoms with Crippen molar-refractivity contribution < 1.29 is 15.6 Å². The first-order valence-corrected chi connectivity index (χ1v) is 41.3. The summed E-state index contributed by atoms with van der Waals surface area (Å²) in [6.07, 6.45) is 9.16. The van der Waals surface area contributed by atoms with E-state index in [2.05, 4.69) is 211 Å². The van der Waals surface area contributed by atoms with E-state index in [-0.39, 0.29) is 28.9 Å². The molecule has 0 aromatic heterocycles. The number of hydrogen-bond acceptors (Lipinski definition) is 0. The van der Waals surface area contributed by atoms with E-state index < -0.39 is 21.5 Å². The fourth-order valence-corrected chi connectivity index (χ4v) is 42.5. The number of aryl methyl sites for hydroxylation is 2. The van der Waals surface area contributed by atoms with E-state index >= 15 is 0 Å². The summed E-state index contributed by atoms with van der Waals surface area (Å²) < 4.78 is 0.0906. The quantitative estimate of drug-likeness (QED) is 0.131. The summed E-state index contributed by atoms with van der Waals surface area (Å²) in [6.45, 7) is 47.5. The van der Waals surface area contributed by atoms with Gasteiger partial charge in [0.05, 0.1) is 0 Å². The Morgan fingerprint density at radius 3 is 1.03 bits per heavy atom. The summed E-state index contributed by atoms with van der Waals surface area (Å²) in [5, 5.41) is 0. The van der Waals surface area contributed by atoms with Gasteiger partial charge in [0, 0.05) is 0 Å². The third-order valence-corrected chi connectivity index (χ3v) is 66.8. The van der Waals surface area contributed by atoms with Crippen LogP contribution in [0.3, 0.4) is 0 Å². The molecule has 0 saturated heterocycles. The van der Waals surface area contributed by atoms with Crippen molar-refractivity contribution in [2.75, 3.05) is 0 Å². The average Bonchev–Trinajstić information content (AvgIpc) is 3.73. The van der Waals surface area contributed by atoms with Crippen LogP contribution in [-0.2, 0) is 50.1 Å². The molecule has 6 rings (SSSR count). The van der Waals surface area contributed by atoms with Crippen LogP contribution in [0.4, 0.5) is 0 Å². The molecule has 4 aromatic carbocycles. The molecule has 0 spiro atoms. The third kappa shape index (κ3) is 9.55. The topological polar surface area (TPSA) is 0 Å². The Kier molecular flexibility index (Phi) is 14.3. The normalized spacial score (nSPS) is 17.8. The van der Waals surface area contributed by atoms with Gasteiger partial charge >= 0.3 is 405 Å². The Labute approximate surface area is 401 Å². The predicted octanol–water partition coefficient (Wildman–Crippen LogP) is 19.0.